The van der Waals surface area contributed by atoms with Crippen LogP contribution in [-0.4, -0.2) is 29.6 Å². The number of benzene rings is 2. The number of nitriles is 1. The number of para-hydroxylation sites is 1. The van der Waals surface area contributed by atoms with Gasteiger partial charge in [0.1, 0.15) is 10.7 Å². The van der Waals surface area contributed by atoms with Crippen LogP contribution in [0.25, 0.3) is 17.3 Å². The molecule has 1 aromatic heterocycles. The third-order valence-corrected chi connectivity index (χ3v) is 6.03. The van der Waals surface area contributed by atoms with Crippen LogP contribution in [-0.2, 0) is 9.53 Å². The van der Waals surface area contributed by atoms with Gasteiger partial charge < -0.3 is 10.1 Å². The van der Waals surface area contributed by atoms with E-state index in [0.717, 1.165) is 24.2 Å². The van der Waals surface area contributed by atoms with E-state index in [1.54, 1.807) is 54.6 Å². The second-order valence-corrected chi connectivity index (χ2v) is 8.27. The van der Waals surface area contributed by atoms with Gasteiger partial charge in [-0.15, -0.1) is 11.3 Å². The summed E-state index contributed by atoms with van der Waals surface area (Å²) in [7, 11) is 1.31. The van der Waals surface area contributed by atoms with Gasteiger partial charge in [0, 0.05) is 6.04 Å². The summed E-state index contributed by atoms with van der Waals surface area (Å²) in [6.07, 6.45) is 3.45. The Balaban J connectivity index is 1.90. The van der Waals surface area contributed by atoms with Gasteiger partial charge in [0.05, 0.1) is 22.9 Å². The van der Waals surface area contributed by atoms with Crippen LogP contribution >= 0.6 is 11.3 Å². The standard InChI is InChI=1S/C24H19N3O4S/c1-31-24(30)16-9-7-15(8-10-16)13-20-22(29)27(18-5-3-2-4-6-18)23(32-20)19(14-25)21(28)26-17-11-12-17/h2-10,13,17H,11-12H2,1H3,(H,26,28). The van der Waals surface area contributed by atoms with Crippen LogP contribution in [0.4, 0.5) is 0 Å². The minimum atomic E-state index is -0.477. The highest BCUT2D eigenvalue weighted by Gasteiger charge is 2.26. The van der Waals surface area contributed by atoms with Crippen LogP contribution in [0.3, 0.4) is 0 Å². The highest BCUT2D eigenvalue weighted by Crippen LogP contribution is 2.19. The van der Waals surface area contributed by atoms with E-state index >= 15 is 0 Å². The van der Waals surface area contributed by atoms with E-state index < -0.39 is 11.9 Å². The zero-order valence-corrected chi connectivity index (χ0v) is 18.0. The Labute approximate surface area is 187 Å². The van der Waals surface area contributed by atoms with Gasteiger partial charge in [-0.1, -0.05) is 30.3 Å². The molecule has 1 fully saturated rings. The molecule has 1 saturated carbocycles. The van der Waals surface area contributed by atoms with Crippen molar-refractivity contribution in [2.45, 2.75) is 18.9 Å². The molecular weight excluding hydrogens is 426 g/mol. The lowest BCUT2D eigenvalue weighted by atomic mass is 10.1. The number of methoxy groups -OCH3 is 1. The SMILES string of the molecule is COC(=O)c1ccc(C=c2sc(=C(C#N)C(=O)NC3CC3)n(-c3ccccc3)c2=O)cc1. The monoisotopic (exact) mass is 445 g/mol. The molecule has 1 N–H and O–H groups in total. The van der Waals surface area contributed by atoms with E-state index in [0.29, 0.717) is 21.3 Å². The molecule has 0 radical (unpaired) electrons. The summed E-state index contributed by atoms with van der Waals surface area (Å²) >= 11 is 1.08. The maximum Gasteiger partial charge on any atom is 0.337 e. The first-order valence-electron chi connectivity index (χ1n) is 9.94. The maximum atomic E-state index is 13.3. The van der Waals surface area contributed by atoms with Gasteiger partial charge in [-0.25, -0.2) is 4.79 Å². The third-order valence-electron chi connectivity index (χ3n) is 4.93. The second kappa shape index (κ2) is 9.04. The van der Waals surface area contributed by atoms with E-state index in [1.165, 1.54) is 11.7 Å². The van der Waals surface area contributed by atoms with E-state index in [2.05, 4.69) is 5.32 Å². The summed E-state index contributed by atoms with van der Waals surface area (Å²) in [6, 6.07) is 17.6. The lowest BCUT2D eigenvalue weighted by Crippen LogP contribution is -2.34. The fourth-order valence-corrected chi connectivity index (χ4v) is 4.23. The number of amides is 1. The minimum Gasteiger partial charge on any atom is -0.465 e. The number of nitrogens with zero attached hydrogens (tertiary/aromatic N) is 2. The summed E-state index contributed by atoms with van der Waals surface area (Å²) in [5.74, 6) is -0.925. The molecule has 7 nitrogen and oxygen atoms in total. The third kappa shape index (κ3) is 4.38. The predicted octanol–water partition coefficient (Wildman–Crippen LogP) is 1.47. The van der Waals surface area contributed by atoms with Crippen molar-refractivity contribution in [2.24, 2.45) is 0 Å². The van der Waals surface area contributed by atoms with Gasteiger partial charge in [-0.3, -0.25) is 14.2 Å². The number of hydrogen-bond donors (Lipinski definition) is 1. The molecule has 1 aliphatic rings. The Morgan fingerprint density at radius 3 is 2.44 bits per heavy atom. The number of thiazole rings is 1. The van der Waals surface area contributed by atoms with Crippen molar-refractivity contribution >= 4 is 34.9 Å². The average Bonchev–Trinajstić information content (AvgIpc) is 3.57. The molecule has 0 bridgehead atoms. The zero-order chi connectivity index (χ0) is 22.7. The first kappa shape index (κ1) is 21.3. The number of ether oxygens (including phenoxy) is 1. The number of aromatic nitrogens is 1. The van der Waals surface area contributed by atoms with Crippen molar-refractivity contribution in [3.05, 3.63) is 85.3 Å². The summed E-state index contributed by atoms with van der Waals surface area (Å²) in [4.78, 5) is 37.6. The molecule has 0 spiro atoms. The summed E-state index contributed by atoms with van der Waals surface area (Å²) < 4.78 is 6.74. The molecular formula is C24H19N3O4S. The summed E-state index contributed by atoms with van der Waals surface area (Å²) in [5.41, 5.74) is 1.24. The number of nitrogens with one attached hydrogen (secondary N) is 1. The Bertz CT molecular complexity index is 1390. The lowest BCUT2D eigenvalue weighted by molar-refractivity contribution is -0.115. The van der Waals surface area contributed by atoms with E-state index in [1.807, 2.05) is 12.1 Å². The smallest absolute Gasteiger partial charge is 0.337 e. The first-order valence-corrected chi connectivity index (χ1v) is 10.8. The Morgan fingerprint density at radius 2 is 1.84 bits per heavy atom. The van der Waals surface area contributed by atoms with Crippen molar-refractivity contribution in [2.75, 3.05) is 7.11 Å². The topological polar surface area (TPSA) is 101 Å². The van der Waals surface area contributed by atoms with Gasteiger partial charge in [0.2, 0.25) is 0 Å². The molecule has 2 aromatic carbocycles. The zero-order valence-electron chi connectivity index (χ0n) is 17.2. The van der Waals surface area contributed by atoms with Crippen molar-refractivity contribution in [1.29, 1.82) is 5.26 Å². The molecule has 0 unspecified atom stereocenters. The summed E-state index contributed by atoms with van der Waals surface area (Å²) in [6.45, 7) is 0. The van der Waals surface area contributed by atoms with Gasteiger partial charge in [0.15, 0.2) is 5.57 Å². The van der Waals surface area contributed by atoms with Gasteiger partial charge >= 0.3 is 5.97 Å². The van der Waals surface area contributed by atoms with Gasteiger partial charge in [0.25, 0.3) is 11.5 Å². The number of rotatable bonds is 5. The fourth-order valence-electron chi connectivity index (χ4n) is 3.13. The molecule has 3 aromatic rings. The molecule has 160 valence electrons. The predicted molar refractivity (Wildman–Crippen MR) is 121 cm³/mol. The molecule has 1 amide bonds. The molecule has 0 atom stereocenters. The van der Waals surface area contributed by atoms with Crippen LogP contribution in [0.2, 0.25) is 0 Å². The van der Waals surface area contributed by atoms with Crippen LogP contribution in [0.15, 0.2) is 59.4 Å². The fraction of sp³-hybridized carbons (Fsp3) is 0.167. The lowest BCUT2D eigenvalue weighted by Gasteiger charge is -2.04. The molecule has 4 rings (SSSR count). The number of carbonyl (C=O) groups is 2. The molecule has 1 heterocycles. The van der Waals surface area contributed by atoms with E-state index in [4.69, 9.17) is 4.74 Å². The average molecular weight is 446 g/mol. The molecule has 1 aliphatic carbocycles. The van der Waals surface area contributed by atoms with Crippen molar-refractivity contribution in [1.82, 2.24) is 9.88 Å². The Morgan fingerprint density at radius 1 is 1.16 bits per heavy atom. The van der Waals surface area contributed by atoms with Crippen LogP contribution < -0.4 is 20.1 Å². The van der Waals surface area contributed by atoms with Crippen LogP contribution in [0.1, 0.15) is 28.8 Å². The van der Waals surface area contributed by atoms with Crippen molar-refractivity contribution in [3.8, 4) is 11.8 Å². The minimum absolute atomic E-state index is 0.0852. The van der Waals surface area contributed by atoms with Gasteiger partial charge in [-0.05, 0) is 48.7 Å². The normalized spacial score (nSPS) is 14.4. The van der Waals surface area contributed by atoms with Crippen LogP contribution in [0.5, 0.6) is 0 Å². The molecule has 32 heavy (non-hydrogen) atoms. The molecule has 8 heteroatoms. The second-order valence-electron chi connectivity index (χ2n) is 7.24. The Hall–Kier alpha value is -3.96. The number of hydrogen-bond acceptors (Lipinski definition) is 6. The van der Waals surface area contributed by atoms with Crippen molar-refractivity contribution < 1.29 is 14.3 Å². The molecule has 0 aliphatic heterocycles. The first-order chi connectivity index (χ1) is 15.5. The highest BCUT2D eigenvalue weighted by molar-refractivity contribution is 7.07. The number of esters is 1. The van der Waals surface area contributed by atoms with E-state index in [-0.39, 0.29) is 21.8 Å². The largest absolute Gasteiger partial charge is 0.465 e. The highest BCUT2D eigenvalue weighted by atomic mass is 32.1. The maximum absolute atomic E-state index is 13.3. The van der Waals surface area contributed by atoms with E-state index in [9.17, 15) is 19.6 Å². The molecule has 0 saturated heterocycles. The van der Waals surface area contributed by atoms with Crippen molar-refractivity contribution in [3.63, 3.8) is 0 Å². The Kier molecular flexibility index (Phi) is 6.01. The van der Waals surface area contributed by atoms with Gasteiger partial charge in [-0.2, -0.15) is 5.26 Å². The number of carbonyl (C=O) groups excluding carboxylic acids is 2. The summed E-state index contributed by atoms with van der Waals surface area (Å²) in [5, 5.41) is 12.6. The quantitative estimate of drug-likeness (QED) is 0.600. The van der Waals surface area contributed by atoms with Crippen LogP contribution in [0, 0.1) is 11.3 Å².